The van der Waals surface area contributed by atoms with Crippen molar-refractivity contribution >= 4 is 11.8 Å². The minimum absolute atomic E-state index is 0.252. The Morgan fingerprint density at radius 2 is 2.00 bits per heavy atom. The molecule has 0 unspecified atom stereocenters. The summed E-state index contributed by atoms with van der Waals surface area (Å²) in [5, 5.41) is 20.4. The molecule has 0 bridgehead atoms. The van der Waals surface area contributed by atoms with Crippen LogP contribution in [0.2, 0.25) is 0 Å². The Hall–Kier alpha value is -2.94. The lowest BCUT2D eigenvalue weighted by Gasteiger charge is -2.05. The first-order chi connectivity index (χ1) is 9.19. The van der Waals surface area contributed by atoms with Crippen LogP contribution in [0.1, 0.15) is 21.6 Å². The number of nitrogens with one attached hydrogen (secondary N) is 1. The highest BCUT2D eigenvalue weighted by atomic mass is 16.4. The van der Waals surface area contributed by atoms with Crippen LogP contribution >= 0.6 is 0 Å². The Kier molecular flexibility index (Phi) is 3.69. The largest absolute Gasteiger partial charge is 0.478 e. The van der Waals surface area contributed by atoms with Crippen LogP contribution in [0.4, 0.5) is 5.82 Å². The smallest absolute Gasteiger partial charge is 0.335 e. The van der Waals surface area contributed by atoms with E-state index in [1.54, 1.807) is 24.3 Å². The number of aromatic carboxylic acids is 1. The molecule has 0 spiro atoms. The number of rotatable bonds is 4. The number of aromatic nitrogens is 2. The van der Waals surface area contributed by atoms with E-state index in [4.69, 9.17) is 10.4 Å². The predicted octanol–water partition coefficient (Wildman–Crippen LogP) is 1.66. The topological polar surface area (TPSA) is 98.9 Å². The fourth-order valence-corrected chi connectivity index (χ4v) is 1.43. The van der Waals surface area contributed by atoms with E-state index in [0.717, 1.165) is 5.56 Å². The van der Waals surface area contributed by atoms with Gasteiger partial charge in [0.05, 0.1) is 18.0 Å². The number of anilines is 1. The standard InChI is InChI=1S/C13H10N4O2/c14-5-11-7-17-12(8-15-11)16-6-9-1-3-10(4-2-9)13(18)19/h1-4,7-8H,6H2,(H,16,17)(H,18,19). The quantitative estimate of drug-likeness (QED) is 0.860. The first kappa shape index (κ1) is 12.5. The average molecular weight is 254 g/mol. The normalized spacial score (nSPS) is 9.63. The monoisotopic (exact) mass is 254 g/mol. The second-order valence-corrected chi connectivity index (χ2v) is 3.75. The van der Waals surface area contributed by atoms with Gasteiger partial charge in [-0.3, -0.25) is 0 Å². The second-order valence-electron chi connectivity index (χ2n) is 3.75. The minimum atomic E-state index is -0.947. The molecule has 0 radical (unpaired) electrons. The van der Waals surface area contributed by atoms with Crippen LogP contribution in [-0.4, -0.2) is 21.0 Å². The van der Waals surface area contributed by atoms with Crippen molar-refractivity contribution < 1.29 is 9.90 Å². The van der Waals surface area contributed by atoms with Crippen LogP contribution in [0.15, 0.2) is 36.7 Å². The number of hydrogen-bond donors (Lipinski definition) is 2. The van der Waals surface area contributed by atoms with E-state index in [1.807, 2.05) is 6.07 Å². The third-order valence-electron chi connectivity index (χ3n) is 2.44. The summed E-state index contributed by atoms with van der Waals surface area (Å²) in [5.74, 6) is -0.390. The fraction of sp³-hybridized carbons (Fsp3) is 0.0769. The molecule has 2 N–H and O–H groups in total. The lowest BCUT2D eigenvalue weighted by Crippen LogP contribution is -2.03. The molecule has 1 heterocycles. The third kappa shape index (κ3) is 3.26. The molecule has 1 aromatic heterocycles. The predicted molar refractivity (Wildman–Crippen MR) is 67.5 cm³/mol. The van der Waals surface area contributed by atoms with Gasteiger partial charge in [0.2, 0.25) is 0 Å². The number of carboxylic acid groups (broad SMARTS) is 1. The summed E-state index contributed by atoms with van der Waals surface area (Å²) in [5.41, 5.74) is 1.44. The summed E-state index contributed by atoms with van der Waals surface area (Å²) in [7, 11) is 0. The molecule has 1 aromatic carbocycles. The van der Waals surface area contributed by atoms with Crippen LogP contribution in [0.5, 0.6) is 0 Å². The van der Waals surface area contributed by atoms with Crippen molar-refractivity contribution in [2.24, 2.45) is 0 Å². The van der Waals surface area contributed by atoms with E-state index in [2.05, 4.69) is 15.3 Å². The van der Waals surface area contributed by atoms with E-state index in [-0.39, 0.29) is 11.3 Å². The zero-order chi connectivity index (χ0) is 13.7. The second kappa shape index (κ2) is 5.60. The summed E-state index contributed by atoms with van der Waals surface area (Å²) >= 11 is 0. The summed E-state index contributed by atoms with van der Waals surface area (Å²) in [4.78, 5) is 18.6. The highest BCUT2D eigenvalue weighted by Gasteiger charge is 2.02. The molecule has 0 amide bonds. The van der Waals surface area contributed by atoms with Crippen molar-refractivity contribution in [2.45, 2.75) is 6.54 Å². The van der Waals surface area contributed by atoms with Crippen LogP contribution in [0, 0.1) is 11.3 Å². The fourth-order valence-electron chi connectivity index (χ4n) is 1.43. The number of benzene rings is 1. The molecule has 0 fully saturated rings. The Balaban J connectivity index is 1.98. The molecular formula is C13H10N4O2. The summed E-state index contributed by atoms with van der Waals surface area (Å²) in [6.45, 7) is 0.500. The van der Waals surface area contributed by atoms with Gasteiger partial charge in [0.25, 0.3) is 0 Å². The molecule has 6 heteroatoms. The number of carbonyl (C=O) groups is 1. The summed E-state index contributed by atoms with van der Waals surface area (Å²) in [6.07, 6.45) is 2.86. The molecular weight excluding hydrogens is 244 g/mol. The number of nitrogens with zero attached hydrogens (tertiary/aromatic N) is 3. The van der Waals surface area contributed by atoms with Crippen LogP contribution in [0.25, 0.3) is 0 Å². The van der Waals surface area contributed by atoms with Gasteiger partial charge in [-0.1, -0.05) is 12.1 Å². The van der Waals surface area contributed by atoms with E-state index in [0.29, 0.717) is 12.4 Å². The third-order valence-corrected chi connectivity index (χ3v) is 2.44. The molecule has 0 aliphatic carbocycles. The molecule has 6 nitrogen and oxygen atoms in total. The van der Waals surface area contributed by atoms with E-state index in [1.165, 1.54) is 12.4 Å². The molecule has 0 saturated carbocycles. The highest BCUT2D eigenvalue weighted by Crippen LogP contribution is 2.07. The minimum Gasteiger partial charge on any atom is -0.478 e. The number of carboxylic acids is 1. The van der Waals surface area contributed by atoms with Crippen LogP contribution in [-0.2, 0) is 6.54 Å². The average Bonchev–Trinajstić information content (AvgIpc) is 2.46. The molecule has 19 heavy (non-hydrogen) atoms. The maximum absolute atomic E-state index is 10.7. The van der Waals surface area contributed by atoms with Crippen molar-refractivity contribution in [3.8, 4) is 6.07 Å². The van der Waals surface area contributed by atoms with Crippen LogP contribution < -0.4 is 5.32 Å². The van der Waals surface area contributed by atoms with Gasteiger partial charge in [-0.15, -0.1) is 0 Å². The van der Waals surface area contributed by atoms with E-state index < -0.39 is 5.97 Å². The number of nitriles is 1. The Morgan fingerprint density at radius 1 is 1.26 bits per heavy atom. The maximum Gasteiger partial charge on any atom is 0.335 e. The van der Waals surface area contributed by atoms with Crippen molar-refractivity contribution in [1.29, 1.82) is 5.26 Å². The first-order valence-electron chi connectivity index (χ1n) is 5.47. The van der Waals surface area contributed by atoms with Gasteiger partial charge in [-0.05, 0) is 17.7 Å². The lowest BCUT2D eigenvalue weighted by molar-refractivity contribution is 0.0697. The van der Waals surface area contributed by atoms with Crippen LogP contribution in [0.3, 0.4) is 0 Å². The Labute approximate surface area is 109 Å². The van der Waals surface area contributed by atoms with Gasteiger partial charge in [0.1, 0.15) is 11.9 Å². The molecule has 2 aromatic rings. The molecule has 94 valence electrons. The van der Waals surface area contributed by atoms with Gasteiger partial charge in [0.15, 0.2) is 5.69 Å². The van der Waals surface area contributed by atoms with Crippen molar-refractivity contribution in [3.63, 3.8) is 0 Å². The summed E-state index contributed by atoms with van der Waals surface area (Å²) in [6, 6.07) is 8.44. The molecule has 2 rings (SSSR count). The highest BCUT2D eigenvalue weighted by molar-refractivity contribution is 5.87. The first-order valence-corrected chi connectivity index (χ1v) is 5.47. The lowest BCUT2D eigenvalue weighted by atomic mass is 10.1. The van der Waals surface area contributed by atoms with Gasteiger partial charge in [-0.25, -0.2) is 14.8 Å². The molecule has 0 saturated heterocycles. The Morgan fingerprint density at radius 3 is 2.53 bits per heavy atom. The molecule has 0 aliphatic rings. The van der Waals surface area contributed by atoms with E-state index >= 15 is 0 Å². The Bertz CT molecular complexity index is 615. The molecule has 0 aliphatic heterocycles. The van der Waals surface area contributed by atoms with E-state index in [9.17, 15) is 4.79 Å². The zero-order valence-corrected chi connectivity index (χ0v) is 9.87. The zero-order valence-electron chi connectivity index (χ0n) is 9.87. The van der Waals surface area contributed by atoms with Crippen molar-refractivity contribution in [1.82, 2.24) is 9.97 Å². The van der Waals surface area contributed by atoms with Gasteiger partial charge < -0.3 is 10.4 Å². The van der Waals surface area contributed by atoms with Gasteiger partial charge in [-0.2, -0.15) is 5.26 Å². The van der Waals surface area contributed by atoms with Gasteiger partial charge in [0, 0.05) is 6.54 Å². The SMILES string of the molecule is N#Cc1cnc(NCc2ccc(C(=O)O)cc2)cn1. The molecule has 0 atom stereocenters. The summed E-state index contributed by atoms with van der Waals surface area (Å²) < 4.78 is 0. The van der Waals surface area contributed by atoms with Gasteiger partial charge >= 0.3 is 5.97 Å². The van der Waals surface area contributed by atoms with Crippen molar-refractivity contribution in [3.05, 3.63) is 53.5 Å². The number of hydrogen-bond acceptors (Lipinski definition) is 5. The maximum atomic E-state index is 10.7. The van der Waals surface area contributed by atoms with Crippen molar-refractivity contribution in [2.75, 3.05) is 5.32 Å².